The van der Waals surface area contributed by atoms with Gasteiger partial charge in [-0.25, -0.2) is 32.6 Å². The number of thiophene rings is 1. The van der Waals surface area contributed by atoms with Crippen molar-refractivity contribution in [2.45, 2.75) is 11.1 Å². The number of benzene rings is 1. The predicted molar refractivity (Wildman–Crippen MR) is 129 cm³/mol. The minimum absolute atomic E-state index is 0.105. The Morgan fingerprint density at radius 3 is 2.38 bits per heavy atom. The zero-order valence-electron chi connectivity index (χ0n) is 18.3. The highest BCUT2D eigenvalue weighted by Gasteiger charge is 2.35. The average Bonchev–Trinajstić information content (AvgIpc) is 3.54. The van der Waals surface area contributed by atoms with Gasteiger partial charge in [-0.15, -0.1) is 11.3 Å². The van der Waals surface area contributed by atoms with E-state index in [0.717, 1.165) is 12.1 Å². The van der Waals surface area contributed by atoms with Crippen molar-refractivity contribution in [1.82, 2.24) is 24.6 Å². The molecule has 0 bridgehead atoms. The van der Waals surface area contributed by atoms with E-state index in [1.807, 2.05) is 0 Å². The highest BCUT2D eigenvalue weighted by atomic mass is 32.2. The first-order valence-electron chi connectivity index (χ1n) is 10.3. The van der Waals surface area contributed by atoms with Gasteiger partial charge in [-0.1, -0.05) is 6.07 Å². The smallest absolute Gasteiger partial charge is 0.321 e. The first-order valence-corrected chi connectivity index (χ1v) is 12.7. The Balaban J connectivity index is 1.39. The summed E-state index contributed by atoms with van der Waals surface area (Å²) in [5, 5.41) is 8.01. The van der Waals surface area contributed by atoms with Crippen LogP contribution in [0.4, 0.5) is 24.8 Å². The number of hydrogen-bond donors (Lipinski definition) is 2. The molecule has 4 aromatic heterocycles. The Bertz CT molecular complexity index is 1690. The number of aromatic nitrogens is 5. The molecule has 0 fully saturated rings. The fourth-order valence-electron chi connectivity index (χ4n) is 3.28. The Kier molecular flexibility index (Phi) is 6.08. The molecule has 0 atom stereocenters. The molecule has 0 aliphatic rings. The van der Waals surface area contributed by atoms with E-state index in [9.17, 15) is 26.4 Å². The SMILES string of the molecule is O=C(Nc1ccc(S(=O)(=O)Nc2ncccn2)cc1)c1cc2nc(-c3cccs3)cc(C(F)(F)F)n2n1. The van der Waals surface area contributed by atoms with Crippen LogP contribution in [0.2, 0.25) is 0 Å². The number of nitrogens with one attached hydrogen (secondary N) is 2. The number of sulfonamides is 1. The van der Waals surface area contributed by atoms with Gasteiger partial charge >= 0.3 is 6.18 Å². The molecule has 0 spiro atoms. The molecule has 0 saturated heterocycles. The molecule has 0 aliphatic heterocycles. The number of anilines is 2. The molecule has 0 aliphatic carbocycles. The van der Waals surface area contributed by atoms with Crippen molar-refractivity contribution >= 4 is 44.6 Å². The van der Waals surface area contributed by atoms with Crippen LogP contribution in [-0.2, 0) is 16.2 Å². The van der Waals surface area contributed by atoms with Crippen LogP contribution in [-0.4, -0.2) is 38.9 Å². The van der Waals surface area contributed by atoms with Gasteiger partial charge in [0.05, 0.1) is 15.5 Å². The molecule has 5 aromatic rings. The first kappa shape index (κ1) is 24.3. The summed E-state index contributed by atoms with van der Waals surface area (Å²) in [6, 6.07) is 12.0. The Morgan fingerprint density at radius 1 is 1.00 bits per heavy atom. The summed E-state index contributed by atoms with van der Waals surface area (Å²) in [7, 11) is -3.99. The lowest BCUT2D eigenvalue weighted by Gasteiger charge is -2.10. The number of amides is 1. The summed E-state index contributed by atoms with van der Waals surface area (Å²) >= 11 is 1.23. The van der Waals surface area contributed by atoms with Crippen molar-refractivity contribution in [3.05, 3.63) is 83.8 Å². The number of carbonyl (C=O) groups excluding carboxylic acids is 1. The maximum atomic E-state index is 13.7. The fourth-order valence-corrected chi connectivity index (χ4v) is 4.93. The molecule has 1 aromatic carbocycles. The summed E-state index contributed by atoms with van der Waals surface area (Å²) in [4.78, 5) is 25.0. The number of halogens is 3. The number of nitrogens with zero attached hydrogens (tertiary/aromatic N) is 5. The zero-order chi connectivity index (χ0) is 26.2. The lowest BCUT2D eigenvalue weighted by atomic mass is 10.2. The summed E-state index contributed by atoms with van der Waals surface area (Å²) in [5.74, 6) is -0.913. The number of rotatable bonds is 6. The second-order valence-electron chi connectivity index (χ2n) is 7.46. The minimum Gasteiger partial charge on any atom is -0.321 e. The van der Waals surface area contributed by atoms with Crippen molar-refractivity contribution in [2.75, 3.05) is 10.0 Å². The molecule has 0 saturated carbocycles. The second-order valence-corrected chi connectivity index (χ2v) is 10.1. The van der Waals surface area contributed by atoms with Gasteiger partial charge in [0.15, 0.2) is 17.0 Å². The molecule has 0 radical (unpaired) electrons. The number of fused-ring (bicyclic) bond motifs is 1. The van der Waals surface area contributed by atoms with Crippen LogP contribution in [0.1, 0.15) is 16.2 Å². The number of alkyl halides is 3. The Hall–Kier alpha value is -4.37. The number of hydrogen-bond acceptors (Lipinski definition) is 8. The fraction of sp³-hybridized carbons (Fsp3) is 0.0455. The second kappa shape index (κ2) is 9.25. The monoisotopic (exact) mass is 545 g/mol. The third-order valence-electron chi connectivity index (χ3n) is 4.94. The van der Waals surface area contributed by atoms with Gasteiger partial charge in [0.2, 0.25) is 5.95 Å². The van der Waals surface area contributed by atoms with Crippen LogP contribution in [0.3, 0.4) is 0 Å². The summed E-state index contributed by atoms with van der Waals surface area (Å²) in [5.41, 5.74) is -1.24. The predicted octanol–water partition coefficient (Wildman–Crippen LogP) is 4.32. The molecular weight excluding hydrogens is 531 g/mol. The molecule has 37 heavy (non-hydrogen) atoms. The molecule has 15 heteroatoms. The maximum absolute atomic E-state index is 13.7. The van der Waals surface area contributed by atoms with Gasteiger partial charge in [0, 0.05) is 24.1 Å². The zero-order valence-corrected chi connectivity index (χ0v) is 20.0. The molecule has 1 amide bonds. The molecule has 2 N–H and O–H groups in total. The van der Waals surface area contributed by atoms with E-state index in [2.05, 4.69) is 30.1 Å². The van der Waals surface area contributed by atoms with E-state index in [1.165, 1.54) is 54.1 Å². The van der Waals surface area contributed by atoms with E-state index in [1.54, 1.807) is 17.5 Å². The van der Waals surface area contributed by atoms with Gasteiger partial charge in [-0.3, -0.25) is 4.79 Å². The summed E-state index contributed by atoms with van der Waals surface area (Å²) in [6.45, 7) is 0. The largest absolute Gasteiger partial charge is 0.433 e. The van der Waals surface area contributed by atoms with E-state index in [4.69, 9.17) is 0 Å². The van der Waals surface area contributed by atoms with Crippen LogP contribution in [0, 0.1) is 0 Å². The lowest BCUT2D eigenvalue weighted by molar-refractivity contribution is -0.142. The topological polar surface area (TPSA) is 131 Å². The van der Waals surface area contributed by atoms with Gasteiger partial charge in [0.25, 0.3) is 15.9 Å². The standard InChI is InChI=1S/C22H14F3N7O3S2/c23-22(24,25)18-11-15(17-3-1-10-36-17)29-19-12-16(30-32(18)19)20(33)28-13-4-6-14(7-5-13)37(34,35)31-21-26-8-2-9-27-21/h1-12H,(H,28,33)(H,26,27,31). The molecule has 0 unspecified atom stereocenters. The molecule has 188 valence electrons. The quantitative estimate of drug-likeness (QED) is 0.325. The molecular formula is C22H14F3N7O3S2. The first-order chi connectivity index (χ1) is 17.6. The van der Waals surface area contributed by atoms with Crippen molar-refractivity contribution in [3.63, 3.8) is 0 Å². The average molecular weight is 546 g/mol. The summed E-state index contributed by atoms with van der Waals surface area (Å²) in [6.07, 6.45) is -1.99. The van der Waals surface area contributed by atoms with Crippen molar-refractivity contribution < 1.29 is 26.4 Å². The van der Waals surface area contributed by atoms with Crippen molar-refractivity contribution in [2.24, 2.45) is 0 Å². The van der Waals surface area contributed by atoms with E-state index < -0.39 is 27.8 Å². The van der Waals surface area contributed by atoms with E-state index in [0.29, 0.717) is 9.39 Å². The van der Waals surface area contributed by atoms with E-state index >= 15 is 0 Å². The van der Waals surface area contributed by atoms with Crippen LogP contribution in [0.15, 0.2) is 77.3 Å². The molecule has 5 rings (SSSR count). The lowest BCUT2D eigenvalue weighted by Crippen LogP contribution is -2.16. The number of carbonyl (C=O) groups is 1. The van der Waals surface area contributed by atoms with Crippen molar-refractivity contribution in [3.8, 4) is 10.6 Å². The van der Waals surface area contributed by atoms with Gasteiger partial charge in [-0.05, 0) is 47.8 Å². The van der Waals surface area contributed by atoms with Crippen LogP contribution < -0.4 is 10.0 Å². The van der Waals surface area contributed by atoms with E-state index in [-0.39, 0.29) is 33.6 Å². The van der Waals surface area contributed by atoms with Gasteiger partial charge < -0.3 is 5.32 Å². The highest BCUT2D eigenvalue weighted by Crippen LogP contribution is 2.33. The normalized spacial score (nSPS) is 12.0. The van der Waals surface area contributed by atoms with Gasteiger partial charge in [-0.2, -0.15) is 18.3 Å². The molecule has 10 nitrogen and oxygen atoms in total. The highest BCUT2D eigenvalue weighted by molar-refractivity contribution is 7.92. The summed E-state index contributed by atoms with van der Waals surface area (Å²) < 4.78 is 68.9. The Labute approximate surface area is 210 Å². The molecule has 4 heterocycles. The third-order valence-corrected chi connectivity index (χ3v) is 7.17. The Morgan fingerprint density at radius 2 is 1.73 bits per heavy atom. The van der Waals surface area contributed by atoms with Crippen molar-refractivity contribution in [1.29, 1.82) is 0 Å². The van der Waals surface area contributed by atoms with Gasteiger partial charge in [0.1, 0.15) is 0 Å². The van der Waals surface area contributed by atoms with Crippen LogP contribution in [0.25, 0.3) is 16.2 Å². The maximum Gasteiger partial charge on any atom is 0.433 e. The van der Waals surface area contributed by atoms with Crippen LogP contribution >= 0.6 is 11.3 Å². The third kappa shape index (κ3) is 5.12. The minimum atomic E-state index is -4.74. The van der Waals surface area contributed by atoms with Crippen LogP contribution in [0.5, 0.6) is 0 Å².